The fraction of sp³-hybridized carbons (Fsp3) is 0.500. The van der Waals surface area contributed by atoms with E-state index in [1.165, 1.54) is 11.9 Å². The van der Waals surface area contributed by atoms with E-state index in [0.717, 1.165) is 10.6 Å². The molecule has 134 valence electrons. The molecule has 8 heteroatoms. The molecule has 0 saturated heterocycles. The van der Waals surface area contributed by atoms with Gasteiger partial charge in [0.2, 0.25) is 21.8 Å². The Kier molecular flexibility index (Phi) is 7.37. The van der Waals surface area contributed by atoms with Gasteiger partial charge in [-0.3, -0.25) is 9.59 Å². The van der Waals surface area contributed by atoms with Crippen LogP contribution in [0.4, 0.5) is 5.69 Å². The van der Waals surface area contributed by atoms with Gasteiger partial charge in [0.25, 0.3) is 0 Å². The lowest BCUT2D eigenvalue weighted by molar-refractivity contribution is -0.138. The van der Waals surface area contributed by atoms with Gasteiger partial charge in [-0.2, -0.15) is 4.31 Å². The zero-order valence-corrected chi connectivity index (χ0v) is 15.3. The number of hydrogen-bond donors (Lipinski definition) is 1. The van der Waals surface area contributed by atoms with E-state index in [1.54, 1.807) is 31.2 Å². The van der Waals surface area contributed by atoms with E-state index in [-0.39, 0.29) is 12.5 Å². The minimum absolute atomic E-state index is 0.290. The maximum absolute atomic E-state index is 12.4. The SMILES string of the molecule is CCCN(C(=O)CN(C)S(C)(=O)=O)C(C)C(=O)Nc1ccccc1. The van der Waals surface area contributed by atoms with Crippen molar-refractivity contribution in [1.82, 2.24) is 9.21 Å². The first-order valence-corrected chi connectivity index (χ1v) is 9.58. The monoisotopic (exact) mass is 355 g/mol. The predicted molar refractivity (Wildman–Crippen MR) is 94.0 cm³/mol. The summed E-state index contributed by atoms with van der Waals surface area (Å²) >= 11 is 0. The smallest absolute Gasteiger partial charge is 0.246 e. The number of sulfonamides is 1. The Hall–Kier alpha value is -1.93. The molecule has 0 radical (unpaired) electrons. The maximum atomic E-state index is 12.4. The molecule has 0 heterocycles. The highest BCUT2D eigenvalue weighted by Crippen LogP contribution is 2.10. The van der Waals surface area contributed by atoms with Crippen LogP contribution in [0.2, 0.25) is 0 Å². The third-order valence-corrected chi connectivity index (χ3v) is 4.86. The van der Waals surface area contributed by atoms with Gasteiger partial charge >= 0.3 is 0 Å². The molecule has 2 amide bonds. The van der Waals surface area contributed by atoms with Gasteiger partial charge in [0.1, 0.15) is 6.04 Å². The summed E-state index contributed by atoms with van der Waals surface area (Å²) in [7, 11) is -2.12. The number of rotatable bonds is 8. The quantitative estimate of drug-likeness (QED) is 0.758. The molecule has 0 fully saturated rings. The summed E-state index contributed by atoms with van der Waals surface area (Å²) in [5.41, 5.74) is 0.645. The molecule has 7 nitrogen and oxygen atoms in total. The Balaban J connectivity index is 2.81. The molecule has 1 aromatic carbocycles. The van der Waals surface area contributed by atoms with Crippen LogP contribution in [0.5, 0.6) is 0 Å². The Morgan fingerprint density at radius 1 is 1.21 bits per heavy atom. The minimum atomic E-state index is -3.46. The lowest BCUT2D eigenvalue weighted by Crippen LogP contribution is -2.49. The van der Waals surface area contributed by atoms with Crippen molar-refractivity contribution in [3.8, 4) is 0 Å². The van der Waals surface area contributed by atoms with Gasteiger partial charge in [-0.15, -0.1) is 0 Å². The Morgan fingerprint density at radius 3 is 2.29 bits per heavy atom. The lowest BCUT2D eigenvalue weighted by Gasteiger charge is -2.29. The average molecular weight is 355 g/mol. The largest absolute Gasteiger partial charge is 0.330 e. The maximum Gasteiger partial charge on any atom is 0.246 e. The first-order valence-electron chi connectivity index (χ1n) is 7.73. The molecule has 0 saturated carbocycles. The summed E-state index contributed by atoms with van der Waals surface area (Å²) in [6.07, 6.45) is 1.70. The molecular weight excluding hydrogens is 330 g/mol. The highest BCUT2D eigenvalue weighted by Gasteiger charge is 2.27. The van der Waals surface area contributed by atoms with E-state index in [2.05, 4.69) is 5.32 Å². The lowest BCUT2D eigenvalue weighted by atomic mass is 10.2. The van der Waals surface area contributed by atoms with Crippen LogP contribution in [0.25, 0.3) is 0 Å². The molecule has 0 aliphatic heterocycles. The van der Waals surface area contributed by atoms with Gasteiger partial charge in [0, 0.05) is 19.3 Å². The van der Waals surface area contributed by atoms with E-state index < -0.39 is 22.0 Å². The predicted octanol–water partition coefficient (Wildman–Crippen LogP) is 1.14. The Bertz CT molecular complexity index is 661. The molecule has 0 aliphatic carbocycles. The topological polar surface area (TPSA) is 86.8 Å². The zero-order chi connectivity index (χ0) is 18.3. The summed E-state index contributed by atoms with van der Waals surface area (Å²) in [6.45, 7) is 3.61. The number of para-hydroxylation sites is 1. The van der Waals surface area contributed by atoms with Gasteiger partial charge in [-0.25, -0.2) is 8.42 Å². The van der Waals surface area contributed by atoms with Crippen LogP contribution in [-0.4, -0.2) is 61.9 Å². The van der Waals surface area contributed by atoms with Crippen molar-refractivity contribution in [3.05, 3.63) is 30.3 Å². The van der Waals surface area contributed by atoms with Crippen molar-refractivity contribution in [2.24, 2.45) is 0 Å². The van der Waals surface area contributed by atoms with Crippen LogP contribution in [0.1, 0.15) is 20.3 Å². The van der Waals surface area contributed by atoms with Crippen LogP contribution in [0.3, 0.4) is 0 Å². The third-order valence-electron chi connectivity index (χ3n) is 3.60. The van der Waals surface area contributed by atoms with Gasteiger partial charge in [0.15, 0.2) is 0 Å². The highest BCUT2D eigenvalue weighted by atomic mass is 32.2. The number of amides is 2. The summed E-state index contributed by atoms with van der Waals surface area (Å²) in [4.78, 5) is 26.2. The van der Waals surface area contributed by atoms with Gasteiger partial charge in [-0.1, -0.05) is 25.1 Å². The van der Waals surface area contributed by atoms with E-state index in [9.17, 15) is 18.0 Å². The van der Waals surface area contributed by atoms with E-state index in [0.29, 0.717) is 18.7 Å². The molecule has 1 rings (SSSR count). The molecule has 0 bridgehead atoms. The molecule has 1 unspecified atom stereocenters. The fourth-order valence-corrected chi connectivity index (χ4v) is 2.43. The van der Waals surface area contributed by atoms with E-state index in [1.807, 2.05) is 13.0 Å². The fourth-order valence-electron chi connectivity index (χ4n) is 2.08. The molecule has 1 N–H and O–H groups in total. The second-order valence-electron chi connectivity index (χ2n) is 5.64. The number of carbonyl (C=O) groups excluding carboxylic acids is 2. The van der Waals surface area contributed by atoms with Crippen LogP contribution >= 0.6 is 0 Å². The number of carbonyl (C=O) groups is 2. The van der Waals surface area contributed by atoms with Crippen molar-refractivity contribution < 1.29 is 18.0 Å². The number of likely N-dealkylation sites (N-methyl/N-ethyl adjacent to an activating group) is 1. The summed E-state index contributed by atoms with van der Waals surface area (Å²) in [5, 5.41) is 2.75. The zero-order valence-electron chi connectivity index (χ0n) is 14.5. The van der Waals surface area contributed by atoms with Crippen molar-refractivity contribution in [2.45, 2.75) is 26.3 Å². The van der Waals surface area contributed by atoms with Crippen molar-refractivity contribution in [1.29, 1.82) is 0 Å². The number of anilines is 1. The van der Waals surface area contributed by atoms with Crippen molar-refractivity contribution in [3.63, 3.8) is 0 Å². The normalized spacial score (nSPS) is 12.7. The molecule has 24 heavy (non-hydrogen) atoms. The van der Waals surface area contributed by atoms with Crippen molar-refractivity contribution in [2.75, 3.05) is 31.7 Å². The van der Waals surface area contributed by atoms with Crippen LogP contribution < -0.4 is 5.32 Å². The van der Waals surface area contributed by atoms with Crippen LogP contribution in [0.15, 0.2) is 30.3 Å². The molecule has 1 atom stereocenters. The number of benzene rings is 1. The second kappa shape index (κ2) is 8.79. The second-order valence-corrected chi connectivity index (χ2v) is 7.73. The highest BCUT2D eigenvalue weighted by molar-refractivity contribution is 7.88. The summed E-state index contributed by atoms with van der Waals surface area (Å²) < 4.78 is 23.9. The molecule has 0 aliphatic rings. The van der Waals surface area contributed by atoms with E-state index >= 15 is 0 Å². The molecule has 0 aromatic heterocycles. The van der Waals surface area contributed by atoms with Gasteiger partial charge < -0.3 is 10.2 Å². The van der Waals surface area contributed by atoms with Crippen molar-refractivity contribution >= 4 is 27.5 Å². The summed E-state index contributed by atoms with van der Waals surface area (Å²) in [6, 6.07) is 8.26. The average Bonchev–Trinajstić information content (AvgIpc) is 2.51. The third kappa shape index (κ3) is 5.93. The van der Waals surface area contributed by atoms with Gasteiger partial charge in [0.05, 0.1) is 12.8 Å². The first-order chi connectivity index (χ1) is 11.2. The number of nitrogens with one attached hydrogen (secondary N) is 1. The minimum Gasteiger partial charge on any atom is -0.330 e. The summed E-state index contributed by atoms with van der Waals surface area (Å²) in [5.74, 6) is -0.717. The Labute approximate surface area is 143 Å². The molecular formula is C16H25N3O4S. The van der Waals surface area contributed by atoms with E-state index in [4.69, 9.17) is 0 Å². The standard InChI is InChI=1S/C16H25N3O4S/c1-5-11-19(15(20)12-18(3)24(4,22)23)13(2)16(21)17-14-9-7-6-8-10-14/h6-10,13H,5,11-12H2,1-4H3,(H,17,21). The number of nitrogens with zero attached hydrogens (tertiary/aromatic N) is 2. The molecule has 1 aromatic rings. The molecule has 0 spiro atoms. The van der Waals surface area contributed by atoms with Crippen LogP contribution in [0, 0.1) is 0 Å². The Morgan fingerprint density at radius 2 is 1.79 bits per heavy atom. The first kappa shape index (κ1) is 20.1. The van der Waals surface area contributed by atoms with Gasteiger partial charge in [-0.05, 0) is 25.5 Å². The number of hydrogen-bond acceptors (Lipinski definition) is 4. The van der Waals surface area contributed by atoms with Crippen LogP contribution in [-0.2, 0) is 19.6 Å².